The van der Waals surface area contributed by atoms with Gasteiger partial charge < -0.3 is 5.32 Å². The van der Waals surface area contributed by atoms with Crippen LogP contribution in [0, 0.1) is 6.92 Å². The Morgan fingerprint density at radius 1 is 1.04 bits per heavy atom. The molecule has 3 heteroatoms. The van der Waals surface area contributed by atoms with Gasteiger partial charge in [0.05, 0.1) is 11.7 Å². The largest absolute Gasteiger partial charge is 0.355 e. The van der Waals surface area contributed by atoms with E-state index in [0.29, 0.717) is 0 Å². The molecule has 0 bridgehead atoms. The first-order valence-electron chi connectivity index (χ1n) is 8.05. The van der Waals surface area contributed by atoms with Crippen molar-refractivity contribution in [2.45, 2.75) is 33.2 Å². The lowest BCUT2D eigenvalue weighted by Gasteiger charge is -2.12. The molecule has 0 amide bonds. The summed E-state index contributed by atoms with van der Waals surface area (Å²) in [5.74, 6) is 0. The Bertz CT molecular complexity index is 760. The molecule has 118 valence electrons. The topological polar surface area (TPSA) is 24.9 Å². The summed E-state index contributed by atoms with van der Waals surface area (Å²) in [5, 5.41) is 4.50. The number of nitrogens with zero attached hydrogens (tertiary/aromatic N) is 1. The van der Waals surface area contributed by atoms with Gasteiger partial charge in [0.15, 0.2) is 5.13 Å². The number of hydrogen-bond acceptors (Lipinski definition) is 3. The van der Waals surface area contributed by atoms with Crippen molar-refractivity contribution in [1.29, 1.82) is 0 Å². The Morgan fingerprint density at radius 2 is 1.74 bits per heavy atom. The Balaban J connectivity index is 1.80. The highest BCUT2D eigenvalue weighted by molar-refractivity contribution is 7.16. The van der Waals surface area contributed by atoms with Gasteiger partial charge in [-0.2, -0.15) is 0 Å². The predicted molar refractivity (Wildman–Crippen MR) is 100 cm³/mol. The van der Waals surface area contributed by atoms with Crippen molar-refractivity contribution in [3.05, 3.63) is 70.6 Å². The van der Waals surface area contributed by atoms with E-state index < -0.39 is 0 Å². The number of hydrogen-bond donors (Lipinski definition) is 1. The third-order valence-corrected chi connectivity index (χ3v) is 4.97. The van der Waals surface area contributed by atoms with Gasteiger partial charge in [-0.05, 0) is 31.4 Å². The fourth-order valence-corrected chi connectivity index (χ4v) is 3.56. The highest BCUT2D eigenvalue weighted by Gasteiger charge is 2.12. The number of nitrogens with one attached hydrogen (secondary N) is 1. The van der Waals surface area contributed by atoms with Crippen LogP contribution in [0.1, 0.15) is 35.9 Å². The maximum Gasteiger partial charge on any atom is 0.183 e. The number of aromatic nitrogens is 1. The lowest BCUT2D eigenvalue weighted by atomic mass is 10.1. The summed E-state index contributed by atoms with van der Waals surface area (Å²) < 4.78 is 0. The van der Waals surface area contributed by atoms with Crippen LogP contribution in [-0.2, 0) is 6.42 Å². The van der Waals surface area contributed by atoms with Crippen LogP contribution >= 0.6 is 11.3 Å². The molecule has 1 aromatic heterocycles. The first kappa shape index (κ1) is 15.8. The average Bonchev–Trinajstić information content (AvgIpc) is 2.96. The van der Waals surface area contributed by atoms with Gasteiger partial charge in [-0.25, -0.2) is 4.98 Å². The predicted octanol–water partition coefficient (Wildman–Crippen LogP) is 5.85. The molecule has 2 nitrogen and oxygen atoms in total. The Labute approximate surface area is 142 Å². The van der Waals surface area contributed by atoms with E-state index in [1.165, 1.54) is 21.6 Å². The summed E-state index contributed by atoms with van der Waals surface area (Å²) in [6.07, 6.45) is 1.07. The van der Waals surface area contributed by atoms with Crippen molar-refractivity contribution >= 4 is 16.5 Å². The summed E-state index contributed by atoms with van der Waals surface area (Å²) in [5.41, 5.74) is 4.91. The second-order valence-corrected chi connectivity index (χ2v) is 6.95. The smallest absolute Gasteiger partial charge is 0.183 e. The molecule has 0 aliphatic carbocycles. The molecule has 0 fully saturated rings. The van der Waals surface area contributed by atoms with Gasteiger partial charge in [0.2, 0.25) is 0 Å². The van der Waals surface area contributed by atoms with E-state index in [1.54, 1.807) is 11.3 Å². The molecular weight excluding hydrogens is 300 g/mol. The molecule has 3 aromatic rings. The number of rotatable bonds is 5. The van der Waals surface area contributed by atoms with E-state index in [-0.39, 0.29) is 6.04 Å². The summed E-state index contributed by atoms with van der Waals surface area (Å²) in [6.45, 7) is 6.48. The van der Waals surface area contributed by atoms with Gasteiger partial charge in [0.25, 0.3) is 0 Å². The van der Waals surface area contributed by atoms with Crippen molar-refractivity contribution < 1.29 is 0 Å². The van der Waals surface area contributed by atoms with E-state index in [2.05, 4.69) is 74.6 Å². The third kappa shape index (κ3) is 3.62. The van der Waals surface area contributed by atoms with E-state index in [4.69, 9.17) is 4.98 Å². The van der Waals surface area contributed by atoms with E-state index in [0.717, 1.165) is 17.2 Å². The van der Waals surface area contributed by atoms with Crippen molar-refractivity contribution in [3.63, 3.8) is 0 Å². The number of anilines is 1. The molecular formula is C20H22N2S. The molecule has 23 heavy (non-hydrogen) atoms. The standard InChI is InChI=1S/C20H22N2S/c1-4-16-10-12-18(13-11-16)19-15(3)23-20(22-19)21-14(2)17-8-6-5-7-9-17/h5-14H,4H2,1-3H3,(H,21,22)/t14-/m1/s1. The zero-order valence-corrected chi connectivity index (χ0v) is 14.7. The fourth-order valence-electron chi connectivity index (χ4n) is 2.63. The first-order valence-corrected chi connectivity index (χ1v) is 8.87. The molecule has 1 heterocycles. The molecule has 0 saturated heterocycles. The zero-order valence-electron chi connectivity index (χ0n) is 13.8. The molecule has 0 saturated carbocycles. The Kier molecular flexibility index (Phi) is 4.77. The number of thiazole rings is 1. The van der Waals surface area contributed by atoms with E-state index in [1.807, 2.05) is 6.07 Å². The van der Waals surface area contributed by atoms with Crippen LogP contribution in [0.15, 0.2) is 54.6 Å². The minimum Gasteiger partial charge on any atom is -0.355 e. The van der Waals surface area contributed by atoms with Crippen LogP contribution in [0.4, 0.5) is 5.13 Å². The maximum absolute atomic E-state index is 4.81. The Hall–Kier alpha value is -2.13. The minimum atomic E-state index is 0.247. The lowest BCUT2D eigenvalue weighted by molar-refractivity contribution is 0.882. The minimum absolute atomic E-state index is 0.247. The van der Waals surface area contributed by atoms with Crippen LogP contribution in [0.2, 0.25) is 0 Å². The van der Waals surface area contributed by atoms with Crippen molar-refractivity contribution in [2.24, 2.45) is 0 Å². The summed E-state index contributed by atoms with van der Waals surface area (Å²) in [7, 11) is 0. The molecule has 0 unspecified atom stereocenters. The van der Waals surface area contributed by atoms with Crippen LogP contribution in [-0.4, -0.2) is 4.98 Å². The second kappa shape index (κ2) is 6.97. The monoisotopic (exact) mass is 322 g/mol. The normalized spacial score (nSPS) is 12.1. The lowest BCUT2D eigenvalue weighted by Crippen LogP contribution is -2.05. The quantitative estimate of drug-likeness (QED) is 0.637. The summed E-state index contributed by atoms with van der Waals surface area (Å²) in [4.78, 5) is 6.06. The molecule has 1 atom stereocenters. The van der Waals surface area contributed by atoms with Crippen molar-refractivity contribution in [3.8, 4) is 11.3 Å². The third-order valence-electron chi connectivity index (χ3n) is 4.07. The molecule has 0 radical (unpaired) electrons. The second-order valence-electron chi connectivity index (χ2n) is 5.75. The zero-order chi connectivity index (χ0) is 16.2. The molecule has 0 aliphatic heterocycles. The van der Waals surface area contributed by atoms with Gasteiger partial charge in [-0.1, -0.05) is 61.5 Å². The highest BCUT2D eigenvalue weighted by Crippen LogP contribution is 2.32. The summed E-state index contributed by atoms with van der Waals surface area (Å²) in [6, 6.07) is 19.4. The van der Waals surface area contributed by atoms with Gasteiger partial charge in [0.1, 0.15) is 0 Å². The van der Waals surface area contributed by atoms with Crippen LogP contribution in [0.25, 0.3) is 11.3 Å². The van der Waals surface area contributed by atoms with Crippen molar-refractivity contribution in [2.75, 3.05) is 5.32 Å². The van der Waals surface area contributed by atoms with E-state index >= 15 is 0 Å². The number of benzene rings is 2. The average molecular weight is 322 g/mol. The summed E-state index contributed by atoms with van der Waals surface area (Å²) >= 11 is 1.72. The Morgan fingerprint density at radius 3 is 2.39 bits per heavy atom. The molecule has 0 aliphatic rings. The molecule has 1 N–H and O–H groups in total. The van der Waals surface area contributed by atoms with Crippen LogP contribution in [0.3, 0.4) is 0 Å². The first-order chi connectivity index (χ1) is 11.2. The van der Waals surface area contributed by atoms with Crippen LogP contribution < -0.4 is 5.32 Å². The highest BCUT2D eigenvalue weighted by atomic mass is 32.1. The van der Waals surface area contributed by atoms with E-state index in [9.17, 15) is 0 Å². The SMILES string of the molecule is CCc1ccc(-c2nc(N[C@H](C)c3ccccc3)sc2C)cc1. The molecule has 0 spiro atoms. The van der Waals surface area contributed by atoms with Crippen molar-refractivity contribution in [1.82, 2.24) is 4.98 Å². The molecule has 2 aromatic carbocycles. The van der Waals surface area contributed by atoms with Gasteiger partial charge >= 0.3 is 0 Å². The fraction of sp³-hybridized carbons (Fsp3) is 0.250. The van der Waals surface area contributed by atoms with Crippen LogP contribution in [0.5, 0.6) is 0 Å². The molecule has 3 rings (SSSR count). The van der Waals surface area contributed by atoms with Gasteiger partial charge in [-0.15, -0.1) is 11.3 Å². The number of aryl methyl sites for hydroxylation is 2. The maximum atomic E-state index is 4.81. The van der Waals surface area contributed by atoms with Gasteiger partial charge in [0, 0.05) is 10.4 Å². The van der Waals surface area contributed by atoms with Gasteiger partial charge in [-0.3, -0.25) is 0 Å².